The van der Waals surface area contributed by atoms with Crippen molar-refractivity contribution in [3.8, 4) is 11.5 Å². The molecule has 0 saturated carbocycles. The monoisotopic (exact) mass is 329 g/mol. The highest BCUT2D eigenvalue weighted by atomic mass is 35.5. The molecule has 0 N–H and O–H groups in total. The Labute approximate surface area is 141 Å². The molecule has 0 aromatic heterocycles. The second kappa shape index (κ2) is 6.32. The minimum atomic E-state index is -0.0867. The van der Waals surface area contributed by atoms with Gasteiger partial charge in [0, 0.05) is 18.1 Å². The molecule has 2 aromatic rings. The average Bonchev–Trinajstić information content (AvgIpc) is 2.62. The van der Waals surface area contributed by atoms with Gasteiger partial charge in [-0.2, -0.15) is 0 Å². The van der Waals surface area contributed by atoms with Gasteiger partial charge >= 0.3 is 0 Å². The number of hydrogen-bond donors (Lipinski definition) is 0. The van der Waals surface area contributed by atoms with Crippen LogP contribution in [0.1, 0.15) is 30.9 Å². The van der Waals surface area contributed by atoms with E-state index in [1.54, 1.807) is 0 Å². The van der Waals surface area contributed by atoms with Gasteiger partial charge in [-0.1, -0.05) is 29.8 Å². The molecule has 120 valence electrons. The number of anilines is 1. The van der Waals surface area contributed by atoms with Crippen molar-refractivity contribution in [3.05, 3.63) is 53.1 Å². The molecule has 0 aliphatic carbocycles. The molecule has 0 amide bonds. The van der Waals surface area contributed by atoms with Crippen LogP contribution in [0, 0.1) is 0 Å². The van der Waals surface area contributed by atoms with Crippen LogP contribution in [0.2, 0.25) is 5.02 Å². The van der Waals surface area contributed by atoms with Gasteiger partial charge in [0.25, 0.3) is 0 Å². The molecule has 4 heteroatoms. The molecule has 2 heterocycles. The van der Waals surface area contributed by atoms with E-state index >= 15 is 0 Å². The number of rotatable bonds is 2. The van der Waals surface area contributed by atoms with Crippen molar-refractivity contribution in [3.63, 3.8) is 0 Å². The van der Waals surface area contributed by atoms with Gasteiger partial charge in [0.15, 0.2) is 17.6 Å². The Kier molecular flexibility index (Phi) is 4.04. The highest BCUT2D eigenvalue weighted by Gasteiger charge is 2.26. The molecular weight excluding hydrogens is 310 g/mol. The van der Waals surface area contributed by atoms with E-state index in [9.17, 15) is 0 Å². The van der Waals surface area contributed by atoms with Crippen LogP contribution >= 0.6 is 11.6 Å². The minimum absolute atomic E-state index is 0.0867. The lowest BCUT2D eigenvalue weighted by atomic mass is 10.1. The number of para-hydroxylation sites is 1. The smallest absolute Gasteiger partial charge is 0.184 e. The molecule has 0 bridgehead atoms. The predicted molar refractivity (Wildman–Crippen MR) is 92.8 cm³/mol. The van der Waals surface area contributed by atoms with E-state index in [1.807, 2.05) is 30.3 Å². The number of ether oxygens (including phenoxy) is 2. The third kappa shape index (κ3) is 2.98. The van der Waals surface area contributed by atoms with Gasteiger partial charge in [-0.05, 0) is 49.1 Å². The molecule has 2 aliphatic rings. The molecule has 4 rings (SSSR count). The standard InChI is InChI=1S/C19H20ClNO2/c20-15-9-7-14(8-10-15)18-13-22-19-16(5-4-6-17(19)23-18)21-11-2-1-3-12-21/h4-10,18H,1-3,11-13H2. The summed E-state index contributed by atoms with van der Waals surface area (Å²) in [5.41, 5.74) is 2.25. The molecule has 23 heavy (non-hydrogen) atoms. The van der Waals surface area contributed by atoms with Gasteiger partial charge in [0.1, 0.15) is 6.61 Å². The molecule has 1 fully saturated rings. The first-order chi connectivity index (χ1) is 11.3. The summed E-state index contributed by atoms with van der Waals surface area (Å²) in [5.74, 6) is 1.72. The van der Waals surface area contributed by atoms with E-state index in [0.717, 1.165) is 40.9 Å². The maximum atomic E-state index is 6.19. The quantitative estimate of drug-likeness (QED) is 0.786. The van der Waals surface area contributed by atoms with Crippen LogP contribution in [0.5, 0.6) is 11.5 Å². The maximum Gasteiger partial charge on any atom is 0.184 e. The summed E-state index contributed by atoms with van der Waals surface area (Å²) < 4.78 is 12.3. The fourth-order valence-electron chi connectivity index (χ4n) is 3.31. The van der Waals surface area contributed by atoms with Gasteiger partial charge in [0.2, 0.25) is 0 Å². The van der Waals surface area contributed by atoms with Gasteiger partial charge in [-0.3, -0.25) is 0 Å². The largest absolute Gasteiger partial charge is 0.483 e. The van der Waals surface area contributed by atoms with Crippen LogP contribution in [0.25, 0.3) is 0 Å². The van der Waals surface area contributed by atoms with E-state index in [4.69, 9.17) is 21.1 Å². The van der Waals surface area contributed by atoms with Gasteiger partial charge in [-0.25, -0.2) is 0 Å². The zero-order valence-electron chi connectivity index (χ0n) is 13.0. The van der Waals surface area contributed by atoms with Gasteiger partial charge in [0.05, 0.1) is 5.69 Å². The predicted octanol–water partition coefficient (Wildman–Crippen LogP) is 4.84. The molecule has 0 radical (unpaired) electrons. The number of halogens is 1. The summed E-state index contributed by atoms with van der Waals surface area (Å²) in [6.07, 6.45) is 3.73. The SMILES string of the molecule is Clc1ccc(C2COc3c(cccc3N3CCCCC3)O2)cc1. The second-order valence-electron chi connectivity index (χ2n) is 6.12. The first kappa shape index (κ1) is 14.7. The zero-order valence-corrected chi connectivity index (χ0v) is 13.8. The van der Waals surface area contributed by atoms with Crippen LogP contribution in [0.15, 0.2) is 42.5 Å². The molecule has 3 nitrogen and oxygen atoms in total. The average molecular weight is 330 g/mol. The molecule has 2 aromatic carbocycles. The van der Waals surface area contributed by atoms with Crippen molar-refractivity contribution in [2.24, 2.45) is 0 Å². The van der Waals surface area contributed by atoms with Crippen LogP contribution in [-0.4, -0.2) is 19.7 Å². The molecule has 0 spiro atoms. The van der Waals surface area contributed by atoms with Crippen LogP contribution in [-0.2, 0) is 0 Å². The van der Waals surface area contributed by atoms with Crippen LogP contribution in [0.4, 0.5) is 5.69 Å². The lowest BCUT2D eigenvalue weighted by molar-refractivity contribution is 0.0916. The van der Waals surface area contributed by atoms with Crippen LogP contribution < -0.4 is 14.4 Å². The van der Waals surface area contributed by atoms with Crippen molar-refractivity contribution in [2.75, 3.05) is 24.6 Å². The number of benzene rings is 2. The Morgan fingerprint density at radius 3 is 2.52 bits per heavy atom. The van der Waals surface area contributed by atoms with E-state index in [0.29, 0.717) is 6.61 Å². The highest BCUT2D eigenvalue weighted by Crippen LogP contribution is 2.43. The number of hydrogen-bond acceptors (Lipinski definition) is 3. The molecular formula is C19H20ClNO2. The van der Waals surface area contributed by atoms with Crippen molar-refractivity contribution < 1.29 is 9.47 Å². The first-order valence-electron chi connectivity index (χ1n) is 8.24. The van der Waals surface area contributed by atoms with Gasteiger partial charge in [-0.15, -0.1) is 0 Å². The maximum absolute atomic E-state index is 6.19. The number of nitrogens with zero attached hydrogens (tertiary/aromatic N) is 1. The lowest BCUT2D eigenvalue weighted by Crippen LogP contribution is -2.31. The number of fused-ring (bicyclic) bond motifs is 1. The highest BCUT2D eigenvalue weighted by molar-refractivity contribution is 6.30. The van der Waals surface area contributed by atoms with E-state index in [1.165, 1.54) is 19.3 Å². The van der Waals surface area contributed by atoms with Crippen molar-refractivity contribution in [1.29, 1.82) is 0 Å². The summed E-state index contributed by atoms with van der Waals surface area (Å²) >= 11 is 5.96. The minimum Gasteiger partial charge on any atom is -0.483 e. The zero-order chi connectivity index (χ0) is 15.6. The summed E-state index contributed by atoms with van der Waals surface area (Å²) in [6.45, 7) is 2.72. The summed E-state index contributed by atoms with van der Waals surface area (Å²) in [6, 6.07) is 13.9. The molecule has 1 saturated heterocycles. The van der Waals surface area contributed by atoms with Gasteiger partial charge < -0.3 is 14.4 Å². The summed E-state index contributed by atoms with van der Waals surface area (Å²) in [7, 11) is 0. The lowest BCUT2D eigenvalue weighted by Gasteiger charge is -2.34. The summed E-state index contributed by atoms with van der Waals surface area (Å²) in [4.78, 5) is 2.41. The van der Waals surface area contributed by atoms with E-state index in [2.05, 4.69) is 17.0 Å². The Bertz CT molecular complexity index is 680. The Balaban J connectivity index is 1.59. The molecule has 1 unspecified atom stereocenters. The molecule has 2 aliphatic heterocycles. The third-order valence-corrected chi connectivity index (χ3v) is 4.80. The first-order valence-corrected chi connectivity index (χ1v) is 8.62. The van der Waals surface area contributed by atoms with Crippen molar-refractivity contribution >= 4 is 17.3 Å². The van der Waals surface area contributed by atoms with Crippen LogP contribution in [0.3, 0.4) is 0 Å². The van der Waals surface area contributed by atoms with E-state index < -0.39 is 0 Å². The summed E-state index contributed by atoms with van der Waals surface area (Å²) in [5, 5.41) is 0.735. The van der Waals surface area contributed by atoms with Crippen molar-refractivity contribution in [1.82, 2.24) is 0 Å². The Morgan fingerprint density at radius 1 is 0.957 bits per heavy atom. The second-order valence-corrected chi connectivity index (χ2v) is 6.56. The van der Waals surface area contributed by atoms with Crippen molar-refractivity contribution in [2.45, 2.75) is 25.4 Å². The normalized spacial score (nSPS) is 20.4. The fourth-order valence-corrected chi connectivity index (χ4v) is 3.44. The molecule has 1 atom stereocenters. The Morgan fingerprint density at radius 2 is 1.74 bits per heavy atom. The topological polar surface area (TPSA) is 21.7 Å². The fraction of sp³-hybridized carbons (Fsp3) is 0.368. The van der Waals surface area contributed by atoms with E-state index in [-0.39, 0.29) is 6.10 Å². The number of piperidine rings is 1. The third-order valence-electron chi connectivity index (χ3n) is 4.54. The Hall–Kier alpha value is -1.87.